The van der Waals surface area contributed by atoms with Gasteiger partial charge in [-0.05, 0) is 37.8 Å². The Morgan fingerprint density at radius 2 is 1.90 bits per heavy atom. The van der Waals surface area contributed by atoms with E-state index in [9.17, 15) is 4.79 Å². The molecule has 0 atom stereocenters. The van der Waals surface area contributed by atoms with E-state index < -0.39 is 8.32 Å². The molecule has 0 aliphatic carbocycles. The molecule has 0 amide bonds. The Hall–Kier alpha value is -2.21. The van der Waals surface area contributed by atoms with Crippen molar-refractivity contribution in [3.8, 4) is 5.75 Å². The van der Waals surface area contributed by atoms with Crippen LogP contribution in [0.25, 0.3) is 0 Å². The van der Waals surface area contributed by atoms with Crippen molar-refractivity contribution >= 4 is 20.0 Å². The maximum atomic E-state index is 12.5. The topological polar surface area (TPSA) is 78.1 Å². The van der Waals surface area contributed by atoms with E-state index in [1.165, 1.54) is 6.20 Å². The zero-order valence-corrected chi connectivity index (χ0v) is 12.8. The van der Waals surface area contributed by atoms with E-state index in [-0.39, 0.29) is 17.4 Å². The van der Waals surface area contributed by atoms with E-state index in [1.807, 2.05) is 6.07 Å². The molecule has 104 valence electrons. The Kier molecular flexibility index (Phi) is 3.85. The summed E-state index contributed by atoms with van der Waals surface area (Å²) in [6, 6.07) is 8.73. The van der Waals surface area contributed by atoms with Crippen LogP contribution < -0.4 is 10.2 Å². The normalized spacial score (nSPS) is 11.2. The Morgan fingerprint density at radius 3 is 2.55 bits per heavy atom. The molecule has 2 rings (SSSR count). The fraction of sp³-hybridized carbons (Fsp3) is 0.214. The summed E-state index contributed by atoms with van der Waals surface area (Å²) in [6.45, 7) is 6.20. The van der Waals surface area contributed by atoms with Gasteiger partial charge in [0, 0.05) is 6.20 Å². The van der Waals surface area contributed by atoms with Crippen LogP contribution in [0.15, 0.2) is 36.5 Å². The first-order valence-corrected chi connectivity index (χ1v) is 9.69. The number of benzene rings is 1. The van der Waals surface area contributed by atoms with E-state index in [0.717, 1.165) is 0 Å². The number of rotatable bonds is 4. The summed E-state index contributed by atoms with van der Waals surface area (Å²) >= 11 is 0. The van der Waals surface area contributed by atoms with Crippen LogP contribution in [0.2, 0.25) is 19.6 Å². The van der Waals surface area contributed by atoms with E-state index in [2.05, 4.69) is 29.6 Å². The van der Waals surface area contributed by atoms with Crippen LogP contribution in [0.4, 0.5) is 5.95 Å². The van der Waals surface area contributed by atoms with Gasteiger partial charge < -0.3 is 10.2 Å². The molecule has 1 heterocycles. The summed E-state index contributed by atoms with van der Waals surface area (Å²) in [5.41, 5.74) is 6.28. The van der Waals surface area contributed by atoms with Gasteiger partial charge >= 0.3 is 0 Å². The van der Waals surface area contributed by atoms with Gasteiger partial charge in [-0.2, -0.15) is 0 Å². The maximum Gasteiger partial charge on any atom is 0.242 e. The highest BCUT2D eigenvalue weighted by atomic mass is 28.4. The number of nitrogens with two attached hydrogens (primary N) is 1. The molecular weight excluding hydrogens is 270 g/mol. The van der Waals surface area contributed by atoms with E-state index in [1.54, 1.807) is 24.3 Å². The molecule has 0 aliphatic heterocycles. The lowest BCUT2D eigenvalue weighted by Gasteiger charge is -2.21. The maximum absolute atomic E-state index is 12.5. The molecule has 1 aromatic carbocycles. The highest BCUT2D eigenvalue weighted by molar-refractivity contribution is 6.70. The van der Waals surface area contributed by atoms with Crippen molar-refractivity contribution in [1.29, 1.82) is 0 Å². The van der Waals surface area contributed by atoms with E-state index in [4.69, 9.17) is 10.2 Å². The SMILES string of the molecule is C[Si](C)(C)Oc1ccccc1C(=O)c1ccnc(N)n1. The molecule has 6 heteroatoms. The Bertz CT molecular complexity index is 638. The monoisotopic (exact) mass is 287 g/mol. The number of hydrogen-bond acceptors (Lipinski definition) is 5. The van der Waals surface area contributed by atoms with Gasteiger partial charge in [-0.15, -0.1) is 0 Å². The molecule has 0 aliphatic rings. The molecule has 0 unspecified atom stereocenters. The first-order valence-electron chi connectivity index (χ1n) is 6.28. The van der Waals surface area contributed by atoms with Crippen molar-refractivity contribution in [2.75, 3.05) is 5.73 Å². The minimum absolute atomic E-state index is 0.0828. The van der Waals surface area contributed by atoms with E-state index in [0.29, 0.717) is 11.3 Å². The number of nitrogens with zero attached hydrogens (tertiary/aromatic N) is 2. The lowest BCUT2D eigenvalue weighted by atomic mass is 10.1. The van der Waals surface area contributed by atoms with Gasteiger partial charge in [0.05, 0.1) is 5.56 Å². The molecule has 0 radical (unpaired) electrons. The van der Waals surface area contributed by atoms with Crippen LogP contribution >= 0.6 is 0 Å². The Morgan fingerprint density at radius 1 is 1.20 bits per heavy atom. The standard InChI is InChI=1S/C14H17N3O2Si/c1-20(2,3)19-12-7-5-4-6-10(12)13(18)11-8-9-16-14(15)17-11/h4-9H,1-3H3,(H2,15,16,17). The van der Waals surface area contributed by atoms with Gasteiger partial charge in [0.2, 0.25) is 20.0 Å². The van der Waals surface area contributed by atoms with Crippen LogP contribution in [-0.2, 0) is 0 Å². The lowest BCUT2D eigenvalue weighted by molar-refractivity contribution is 0.103. The molecule has 0 fully saturated rings. The number of hydrogen-bond donors (Lipinski definition) is 1. The smallest absolute Gasteiger partial charge is 0.242 e. The number of carbonyl (C=O) groups excluding carboxylic acids is 1. The number of aromatic nitrogens is 2. The summed E-state index contributed by atoms with van der Waals surface area (Å²) in [4.78, 5) is 20.2. The van der Waals surface area contributed by atoms with Crippen molar-refractivity contribution in [2.24, 2.45) is 0 Å². The summed E-state index contributed by atoms with van der Waals surface area (Å²) in [6.07, 6.45) is 1.47. The Balaban J connectivity index is 2.40. The molecule has 0 saturated carbocycles. The molecule has 0 bridgehead atoms. The van der Waals surface area contributed by atoms with Crippen LogP contribution in [-0.4, -0.2) is 24.1 Å². The third-order valence-corrected chi connectivity index (χ3v) is 3.29. The summed E-state index contributed by atoms with van der Waals surface area (Å²) in [7, 11) is -1.80. The second-order valence-corrected chi connectivity index (χ2v) is 9.77. The molecule has 0 saturated heterocycles. The highest BCUT2D eigenvalue weighted by Gasteiger charge is 2.21. The zero-order chi connectivity index (χ0) is 14.8. The quantitative estimate of drug-likeness (QED) is 0.690. The van der Waals surface area contributed by atoms with Crippen molar-refractivity contribution in [2.45, 2.75) is 19.6 Å². The first-order chi connectivity index (χ1) is 9.37. The summed E-state index contributed by atoms with van der Waals surface area (Å²) < 4.78 is 5.95. The summed E-state index contributed by atoms with van der Waals surface area (Å²) in [5.74, 6) is 0.459. The van der Waals surface area contributed by atoms with Gasteiger partial charge in [0.1, 0.15) is 11.4 Å². The lowest BCUT2D eigenvalue weighted by Crippen LogP contribution is -2.30. The van der Waals surface area contributed by atoms with Crippen LogP contribution in [0, 0.1) is 0 Å². The average molecular weight is 287 g/mol. The number of nitrogen functional groups attached to an aromatic ring is 1. The van der Waals surface area contributed by atoms with Gasteiger partial charge in [0.15, 0.2) is 0 Å². The largest absolute Gasteiger partial charge is 0.544 e. The average Bonchev–Trinajstić information content (AvgIpc) is 2.37. The van der Waals surface area contributed by atoms with Crippen molar-refractivity contribution in [3.63, 3.8) is 0 Å². The predicted octanol–water partition coefficient (Wildman–Crippen LogP) is 2.50. The highest BCUT2D eigenvalue weighted by Crippen LogP contribution is 2.23. The number of ketones is 1. The van der Waals surface area contributed by atoms with Crippen LogP contribution in [0.3, 0.4) is 0 Å². The number of anilines is 1. The third kappa shape index (κ3) is 3.42. The minimum Gasteiger partial charge on any atom is -0.544 e. The van der Waals surface area contributed by atoms with Crippen molar-refractivity contribution in [3.05, 3.63) is 47.8 Å². The molecule has 2 aromatic rings. The number of para-hydroxylation sites is 1. The van der Waals surface area contributed by atoms with Crippen molar-refractivity contribution in [1.82, 2.24) is 9.97 Å². The second kappa shape index (κ2) is 5.42. The van der Waals surface area contributed by atoms with Crippen molar-refractivity contribution < 1.29 is 9.22 Å². The van der Waals surface area contributed by atoms with Gasteiger partial charge in [-0.3, -0.25) is 4.79 Å². The third-order valence-electron chi connectivity index (χ3n) is 2.45. The van der Waals surface area contributed by atoms with E-state index >= 15 is 0 Å². The zero-order valence-electron chi connectivity index (χ0n) is 11.8. The summed E-state index contributed by atoms with van der Waals surface area (Å²) in [5, 5.41) is 0. The van der Waals surface area contributed by atoms with Gasteiger partial charge in [0.25, 0.3) is 0 Å². The van der Waals surface area contributed by atoms with Crippen LogP contribution in [0.5, 0.6) is 5.75 Å². The van der Waals surface area contributed by atoms with Gasteiger partial charge in [-0.25, -0.2) is 9.97 Å². The Labute approximate surface area is 119 Å². The van der Waals surface area contributed by atoms with Crippen LogP contribution in [0.1, 0.15) is 16.1 Å². The molecular formula is C14H17N3O2Si. The first kappa shape index (κ1) is 14.2. The fourth-order valence-corrected chi connectivity index (χ4v) is 2.55. The molecule has 1 aromatic heterocycles. The number of carbonyl (C=O) groups is 1. The second-order valence-electron chi connectivity index (χ2n) is 5.34. The fourth-order valence-electron chi connectivity index (χ4n) is 1.71. The molecule has 5 nitrogen and oxygen atoms in total. The predicted molar refractivity (Wildman–Crippen MR) is 80.3 cm³/mol. The minimum atomic E-state index is -1.80. The molecule has 20 heavy (non-hydrogen) atoms. The molecule has 0 spiro atoms. The van der Waals surface area contributed by atoms with Gasteiger partial charge in [-0.1, -0.05) is 12.1 Å². The molecule has 2 N–H and O–H groups in total.